The summed E-state index contributed by atoms with van der Waals surface area (Å²) in [5.74, 6) is -0.221. The molecular formula is C9H14ClN3O4S. The fraction of sp³-hybridized carbons (Fsp3) is 0.667. The SMILES string of the molecule is CC(C)CCCn1cc(S(=O)(=O)Cl)c([N+](=O)[O-])n1. The predicted octanol–water partition coefficient (Wildman–Crippen LogP) is 2.16. The van der Waals surface area contributed by atoms with E-state index in [2.05, 4.69) is 18.9 Å². The van der Waals surface area contributed by atoms with Crippen molar-refractivity contribution < 1.29 is 13.3 Å². The summed E-state index contributed by atoms with van der Waals surface area (Å²) in [7, 11) is 0.968. The first-order valence-electron chi connectivity index (χ1n) is 5.38. The second-order valence-corrected chi connectivity index (χ2v) is 6.85. The van der Waals surface area contributed by atoms with E-state index < -0.39 is 24.7 Å². The summed E-state index contributed by atoms with van der Waals surface area (Å²) in [5.41, 5.74) is 0. The van der Waals surface area contributed by atoms with Crippen molar-refractivity contribution in [3.63, 3.8) is 0 Å². The number of aromatic nitrogens is 2. The normalized spacial score (nSPS) is 12.0. The maximum atomic E-state index is 11.2. The van der Waals surface area contributed by atoms with Crippen LogP contribution < -0.4 is 0 Å². The molecule has 0 N–H and O–H groups in total. The maximum Gasteiger partial charge on any atom is 0.410 e. The average molecular weight is 296 g/mol. The Labute approximate surface area is 109 Å². The van der Waals surface area contributed by atoms with Gasteiger partial charge < -0.3 is 10.1 Å². The Morgan fingerprint density at radius 2 is 2.17 bits per heavy atom. The van der Waals surface area contributed by atoms with Gasteiger partial charge >= 0.3 is 5.82 Å². The molecular weight excluding hydrogens is 282 g/mol. The van der Waals surface area contributed by atoms with Crippen LogP contribution in [-0.2, 0) is 15.6 Å². The van der Waals surface area contributed by atoms with Gasteiger partial charge in [-0.1, -0.05) is 13.8 Å². The van der Waals surface area contributed by atoms with Gasteiger partial charge in [0.15, 0.2) is 0 Å². The molecule has 0 amide bonds. The third-order valence-electron chi connectivity index (χ3n) is 2.31. The molecule has 7 nitrogen and oxygen atoms in total. The number of hydrogen-bond donors (Lipinski definition) is 0. The summed E-state index contributed by atoms with van der Waals surface area (Å²) in [6.07, 6.45) is 2.79. The van der Waals surface area contributed by atoms with Crippen LogP contribution in [0.1, 0.15) is 26.7 Å². The summed E-state index contributed by atoms with van der Waals surface area (Å²) < 4.78 is 23.6. The molecule has 0 atom stereocenters. The van der Waals surface area contributed by atoms with E-state index in [4.69, 9.17) is 10.7 Å². The number of nitrogens with zero attached hydrogens (tertiary/aromatic N) is 3. The lowest BCUT2D eigenvalue weighted by Gasteiger charge is -2.01. The van der Waals surface area contributed by atoms with Crippen LogP contribution in [0.25, 0.3) is 0 Å². The van der Waals surface area contributed by atoms with Crippen molar-refractivity contribution in [3.8, 4) is 0 Å². The largest absolute Gasteiger partial charge is 0.410 e. The molecule has 18 heavy (non-hydrogen) atoms. The molecule has 0 spiro atoms. The van der Waals surface area contributed by atoms with Gasteiger partial charge in [-0.05, 0) is 23.7 Å². The van der Waals surface area contributed by atoms with Crippen molar-refractivity contribution in [2.24, 2.45) is 5.92 Å². The molecule has 1 rings (SSSR count). The van der Waals surface area contributed by atoms with Crippen LogP contribution in [0, 0.1) is 16.0 Å². The number of halogens is 1. The Morgan fingerprint density at radius 3 is 2.56 bits per heavy atom. The van der Waals surface area contributed by atoms with Gasteiger partial charge in [0.25, 0.3) is 9.05 Å². The molecule has 1 aromatic heterocycles. The van der Waals surface area contributed by atoms with E-state index in [0.717, 1.165) is 19.0 Å². The van der Waals surface area contributed by atoms with Gasteiger partial charge in [-0.15, -0.1) is 0 Å². The van der Waals surface area contributed by atoms with Gasteiger partial charge in [-0.25, -0.2) is 8.42 Å². The van der Waals surface area contributed by atoms with Gasteiger partial charge in [-0.2, -0.15) is 4.68 Å². The van der Waals surface area contributed by atoms with Crippen LogP contribution in [0.5, 0.6) is 0 Å². The predicted molar refractivity (Wildman–Crippen MR) is 66.0 cm³/mol. The Hall–Kier alpha value is -1.15. The van der Waals surface area contributed by atoms with E-state index in [1.54, 1.807) is 0 Å². The molecule has 0 saturated carbocycles. The molecule has 1 aromatic rings. The van der Waals surface area contributed by atoms with E-state index in [1.165, 1.54) is 4.68 Å². The van der Waals surface area contributed by atoms with Crippen molar-refractivity contribution in [1.82, 2.24) is 9.78 Å². The first kappa shape index (κ1) is 14.9. The third kappa shape index (κ3) is 3.95. The molecule has 0 unspecified atom stereocenters. The third-order valence-corrected chi connectivity index (χ3v) is 3.63. The lowest BCUT2D eigenvalue weighted by Crippen LogP contribution is -2.01. The highest BCUT2D eigenvalue weighted by Gasteiger charge is 2.29. The quantitative estimate of drug-likeness (QED) is 0.455. The zero-order chi connectivity index (χ0) is 13.9. The number of hydrogen-bond acceptors (Lipinski definition) is 5. The van der Waals surface area contributed by atoms with Crippen LogP contribution in [0.3, 0.4) is 0 Å². The second-order valence-electron chi connectivity index (χ2n) is 4.31. The lowest BCUT2D eigenvalue weighted by atomic mass is 10.1. The van der Waals surface area contributed by atoms with Crippen LogP contribution in [0.15, 0.2) is 11.1 Å². The second kappa shape index (κ2) is 5.66. The van der Waals surface area contributed by atoms with Crippen molar-refractivity contribution in [2.45, 2.75) is 38.1 Å². The Bertz CT molecular complexity index is 538. The van der Waals surface area contributed by atoms with Crippen LogP contribution in [0.2, 0.25) is 0 Å². The molecule has 0 bridgehead atoms. The van der Waals surface area contributed by atoms with Crippen molar-refractivity contribution in [3.05, 3.63) is 16.3 Å². The van der Waals surface area contributed by atoms with E-state index >= 15 is 0 Å². The van der Waals surface area contributed by atoms with Crippen LogP contribution in [0.4, 0.5) is 5.82 Å². The molecule has 0 saturated heterocycles. The zero-order valence-electron chi connectivity index (χ0n) is 10.0. The first-order valence-corrected chi connectivity index (χ1v) is 7.69. The molecule has 102 valence electrons. The van der Waals surface area contributed by atoms with Gasteiger partial charge in [0.05, 0.1) is 17.8 Å². The highest BCUT2D eigenvalue weighted by molar-refractivity contribution is 8.13. The van der Waals surface area contributed by atoms with E-state index in [-0.39, 0.29) is 0 Å². The van der Waals surface area contributed by atoms with Gasteiger partial charge in [0.1, 0.15) is 0 Å². The molecule has 1 heterocycles. The number of nitro groups is 1. The molecule has 0 aliphatic heterocycles. The minimum absolute atomic E-state index is 0.422. The van der Waals surface area contributed by atoms with E-state index in [9.17, 15) is 18.5 Å². The number of rotatable bonds is 6. The fourth-order valence-electron chi connectivity index (χ4n) is 1.47. The van der Waals surface area contributed by atoms with Crippen molar-refractivity contribution in [1.29, 1.82) is 0 Å². The fourth-order valence-corrected chi connectivity index (χ4v) is 2.38. The highest BCUT2D eigenvalue weighted by atomic mass is 35.7. The maximum absolute atomic E-state index is 11.2. The Balaban J connectivity index is 2.93. The molecule has 9 heteroatoms. The van der Waals surface area contributed by atoms with Crippen LogP contribution >= 0.6 is 10.7 Å². The Morgan fingerprint density at radius 1 is 1.56 bits per heavy atom. The highest BCUT2D eigenvalue weighted by Crippen LogP contribution is 2.25. The summed E-state index contributed by atoms with van der Waals surface area (Å²) in [6, 6.07) is 0. The van der Waals surface area contributed by atoms with Gasteiger partial charge in [0.2, 0.25) is 4.90 Å². The number of aryl methyl sites for hydroxylation is 1. The Kier molecular flexibility index (Phi) is 4.69. The summed E-state index contributed by atoms with van der Waals surface area (Å²) in [5, 5.41) is 14.3. The van der Waals surface area contributed by atoms with Gasteiger partial charge in [-0.3, -0.25) is 0 Å². The summed E-state index contributed by atoms with van der Waals surface area (Å²) in [4.78, 5) is 9.26. The summed E-state index contributed by atoms with van der Waals surface area (Å²) >= 11 is 0. The minimum Gasteiger partial charge on any atom is -0.358 e. The van der Waals surface area contributed by atoms with Crippen LogP contribution in [-0.4, -0.2) is 23.1 Å². The van der Waals surface area contributed by atoms with E-state index in [1.807, 2.05) is 0 Å². The molecule has 0 fully saturated rings. The average Bonchev–Trinajstić information content (AvgIpc) is 2.60. The van der Waals surface area contributed by atoms with Crippen molar-refractivity contribution in [2.75, 3.05) is 0 Å². The molecule has 0 radical (unpaired) electrons. The van der Waals surface area contributed by atoms with E-state index in [0.29, 0.717) is 12.5 Å². The molecule has 0 aliphatic carbocycles. The standard InChI is InChI=1S/C9H14ClN3O4S/c1-7(2)4-3-5-12-6-8(18(10,16)17)9(11-12)13(14)15/h6-7H,3-5H2,1-2H3. The van der Waals surface area contributed by atoms with Gasteiger partial charge in [0, 0.05) is 10.7 Å². The lowest BCUT2D eigenvalue weighted by molar-refractivity contribution is -0.392. The summed E-state index contributed by atoms with van der Waals surface area (Å²) in [6.45, 7) is 4.53. The molecule has 0 aromatic carbocycles. The van der Waals surface area contributed by atoms with Crippen molar-refractivity contribution >= 4 is 25.6 Å². The monoisotopic (exact) mass is 295 g/mol. The first-order chi connectivity index (χ1) is 8.21. The minimum atomic E-state index is -4.15. The topological polar surface area (TPSA) is 95.1 Å². The smallest absolute Gasteiger partial charge is 0.358 e. The zero-order valence-corrected chi connectivity index (χ0v) is 11.6. The molecule has 0 aliphatic rings.